The molecule has 0 saturated heterocycles. The maximum absolute atomic E-state index is 13.3. The average molecular weight is 402 g/mol. The summed E-state index contributed by atoms with van der Waals surface area (Å²) in [4.78, 5) is 19.4. The van der Waals surface area contributed by atoms with Crippen molar-refractivity contribution in [3.05, 3.63) is 64.5 Å². The van der Waals surface area contributed by atoms with Crippen LogP contribution in [0.2, 0.25) is 0 Å². The Hall–Kier alpha value is -2.18. The maximum atomic E-state index is 13.3. The standard InChI is InChI=1S/C19H20BrN3O2/c1-22-16-9-4-3-8-15(16)17(20)18(22)19(24)23(11-12-25-2)13-14-7-5-6-10-21-14/h3-10H,11-13H2,1-2H3. The van der Waals surface area contributed by atoms with E-state index in [1.54, 1.807) is 18.2 Å². The van der Waals surface area contributed by atoms with Crippen molar-refractivity contribution in [3.63, 3.8) is 0 Å². The fourth-order valence-electron chi connectivity index (χ4n) is 2.88. The third-order valence-electron chi connectivity index (χ3n) is 4.18. The van der Waals surface area contributed by atoms with Gasteiger partial charge in [0.1, 0.15) is 5.69 Å². The number of para-hydroxylation sites is 1. The molecule has 1 amide bonds. The van der Waals surface area contributed by atoms with Gasteiger partial charge in [-0.25, -0.2) is 0 Å². The first-order valence-corrected chi connectivity index (χ1v) is 8.83. The van der Waals surface area contributed by atoms with Crippen LogP contribution in [0.15, 0.2) is 53.1 Å². The number of fused-ring (bicyclic) bond motifs is 1. The van der Waals surface area contributed by atoms with Crippen LogP contribution in [-0.2, 0) is 18.3 Å². The second-order valence-corrected chi connectivity index (χ2v) is 6.57. The molecule has 3 aromatic rings. The number of rotatable bonds is 6. The normalized spacial score (nSPS) is 11.0. The molecule has 25 heavy (non-hydrogen) atoms. The predicted octanol–water partition coefficient (Wildman–Crippen LogP) is 3.62. The van der Waals surface area contributed by atoms with Crippen LogP contribution in [0.4, 0.5) is 0 Å². The SMILES string of the molecule is COCCN(Cc1ccccn1)C(=O)c1c(Br)c2ccccc2n1C. The number of benzene rings is 1. The van der Waals surface area contributed by atoms with E-state index >= 15 is 0 Å². The Kier molecular flexibility index (Phi) is 5.50. The van der Waals surface area contributed by atoms with E-state index in [9.17, 15) is 4.79 Å². The number of hydrogen-bond acceptors (Lipinski definition) is 3. The van der Waals surface area contributed by atoms with Crippen molar-refractivity contribution in [2.45, 2.75) is 6.54 Å². The Morgan fingerprint density at radius 1 is 1.24 bits per heavy atom. The van der Waals surface area contributed by atoms with Gasteiger partial charge in [-0.15, -0.1) is 0 Å². The minimum absolute atomic E-state index is 0.0479. The summed E-state index contributed by atoms with van der Waals surface area (Å²) < 4.78 is 7.93. The fourth-order valence-corrected chi connectivity index (χ4v) is 3.65. The maximum Gasteiger partial charge on any atom is 0.272 e. The smallest absolute Gasteiger partial charge is 0.272 e. The lowest BCUT2D eigenvalue weighted by Crippen LogP contribution is -2.35. The molecule has 1 aromatic carbocycles. The molecule has 3 rings (SSSR count). The minimum atomic E-state index is -0.0479. The molecule has 0 aliphatic heterocycles. The summed E-state index contributed by atoms with van der Waals surface area (Å²) in [6.07, 6.45) is 1.74. The quantitative estimate of drug-likeness (QED) is 0.633. The van der Waals surface area contributed by atoms with Crippen molar-refractivity contribution >= 4 is 32.7 Å². The highest BCUT2D eigenvalue weighted by Crippen LogP contribution is 2.31. The van der Waals surface area contributed by atoms with E-state index in [4.69, 9.17) is 4.74 Å². The van der Waals surface area contributed by atoms with Crippen LogP contribution in [0.3, 0.4) is 0 Å². The third-order valence-corrected chi connectivity index (χ3v) is 4.98. The van der Waals surface area contributed by atoms with Gasteiger partial charge in [0.05, 0.1) is 23.3 Å². The van der Waals surface area contributed by atoms with Gasteiger partial charge in [0.25, 0.3) is 5.91 Å². The van der Waals surface area contributed by atoms with E-state index in [0.717, 1.165) is 21.1 Å². The molecule has 0 unspecified atom stereocenters. The highest BCUT2D eigenvalue weighted by Gasteiger charge is 2.24. The number of carbonyl (C=O) groups excluding carboxylic acids is 1. The largest absolute Gasteiger partial charge is 0.383 e. The molecule has 0 saturated carbocycles. The van der Waals surface area contributed by atoms with Crippen LogP contribution in [0, 0.1) is 0 Å². The molecule has 5 nitrogen and oxygen atoms in total. The van der Waals surface area contributed by atoms with Crippen molar-refractivity contribution in [3.8, 4) is 0 Å². The van der Waals surface area contributed by atoms with Crippen LogP contribution < -0.4 is 0 Å². The summed E-state index contributed by atoms with van der Waals surface area (Å²) in [6.45, 7) is 1.41. The number of halogens is 1. The fraction of sp³-hybridized carbons (Fsp3) is 0.263. The number of pyridine rings is 1. The summed E-state index contributed by atoms with van der Waals surface area (Å²) in [5, 5.41) is 1.03. The van der Waals surface area contributed by atoms with Gasteiger partial charge >= 0.3 is 0 Å². The zero-order chi connectivity index (χ0) is 17.8. The Morgan fingerprint density at radius 2 is 2.00 bits per heavy atom. The first-order chi connectivity index (χ1) is 12.1. The van der Waals surface area contributed by atoms with E-state index in [1.165, 1.54) is 0 Å². The summed E-state index contributed by atoms with van der Waals surface area (Å²) >= 11 is 3.61. The molecule has 2 aromatic heterocycles. The van der Waals surface area contributed by atoms with Gasteiger partial charge in [-0.1, -0.05) is 24.3 Å². The van der Waals surface area contributed by atoms with Crippen LogP contribution in [0.25, 0.3) is 10.9 Å². The Labute approximate surface area is 155 Å². The summed E-state index contributed by atoms with van der Waals surface area (Å²) in [7, 11) is 3.55. The van der Waals surface area contributed by atoms with E-state index in [1.807, 2.05) is 54.1 Å². The molecule has 0 aliphatic carbocycles. The highest BCUT2D eigenvalue weighted by atomic mass is 79.9. The molecule has 0 atom stereocenters. The zero-order valence-corrected chi connectivity index (χ0v) is 15.9. The lowest BCUT2D eigenvalue weighted by molar-refractivity contribution is 0.0668. The van der Waals surface area contributed by atoms with Crippen molar-refractivity contribution in [1.82, 2.24) is 14.5 Å². The molecule has 2 heterocycles. The highest BCUT2D eigenvalue weighted by molar-refractivity contribution is 9.10. The van der Waals surface area contributed by atoms with Gasteiger partial charge in [0.2, 0.25) is 0 Å². The van der Waals surface area contributed by atoms with E-state index in [2.05, 4.69) is 20.9 Å². The molecule has 0 bridgehead atoms. The van der Waals surface area contributed by atoms with Gasteiger partial charge in [-0.2, -0.15) is 0 Å². The van der Waals surface area contributed by atoms with E-state index in [-0.39, 0.29) is 5.91 Å². The Morgan fingerprint density at radius 3 is 2.68 bits per heavy atom. The number of hydrogen-bond donors (Lipinski definition) is 0. The zero-order valence-electron chi connectivity index (χ0n) is 14.3. The number of ether oxygens (including phenoxy) is 1. The van der Waals surface area contributed by atoms with Crippen molar-refractivity contribution in [2.24, 2.45) is 7.05 Å². The van der Waals surface area contributed by atoms with E-state index < -0.39 is 0 Å². The predicted molar refractivity (Wildman–Crippen MR) is 101 cm³/mol. The van der Waals surface area contributed by atoms with Crippen molar-refractivity contribution in [2.75, 3.05) is 20.3 Å². The summed E-state index contributed by atoms with van der Waals surface area (Å²) in [6, 6.07) is 13.7. The van der Waals surface area contributed by atoms with Gasteiger partial charge in [-0.3, -0.25) is 9.78 Å². The number of nitrogens with zero attached hydrogens (tertiary/aromatic N) is 3. The van der Waals surface area contributed by atoms with Gasteiger partial charge in [0, 0.05) is 37.8 Å². The lowest BCUT2D eigenvalue weighted by atomic mass is 10.2. The van der Waals surface area contributed by atoms with E-state index in [0.29, 0.717) is 25.4 Å². The van der Waals surface area contributed by atoms with Crippen molar-refractivity contribution in [1.29, 1.82) is 0 Å². The van der Waals surface area contributed by atoms with Crippen molar-refractivity contribution < 1.29 is 9.53 Å². The third kappa shape index (κ3) is 3.60. The van der Waals surface area contributed by atoms with Crippen LogP contribution in [0.5, 0.6) is 0 Å². The molecular weight excluding hydrogens is 382 g/mol. The molecule has 0 radical (unpaired) electrons. The van der Waals surface area contributed by atoms with Gasteiger partial charge < -0.3 is 14.2 Å². The second-order valence-electron chi connectivity index (χ2n) is 5.78. The molecule has 130 valence electrons. The molecule has 0 N–H and O–H groups in total. The molecule has 0 spiro atoms. The molecule has 0 fully saturated rings. The minimum Gasteiger partial charge on any atom is -0.383 e. The number of methoxy groups -OCH3 is 1. The molecular formula is C19H20BrN3O2. The molecule has 6 heteroatoms. The molecule has 0 aliphatic rings. The Balaban J connectivity index is 1.97. The van der Waals surface area contributed by atoms with Gasteiger partial charge in [0.15, 0.2) is 0 Å². The second kappa shape index (κ2) is 7.80. The monoisotopic (exact) mass is 401 g/mol. The first kappa shape index (κ1) is 17.6. The number of aryl methyl sites for hydroxylation is 1. The topological polar surface area (TPSA) is 47.4 Å². The number of amides is 1. The summed E-state index contributed by atoms with van der Waals surface area (Å²) in [5.41, 5.74) is 2.50. The Bertz CT molecular complexity index is 838. The van der Waals surface area contributed by atoms with Crippen LogP contribution in [-0.4, -0.2) is 40.6 Å². The lowest BCUT2D eigenvalue weighted by Gasteiger charge is -2.22. The summed E-state index contributed by atoms with van der Waals surface area (Å²) in [5.74, 6) is -0.0479. The van der Waals surface area contributed by atoms with Gasteiger partial charge in [-0.05, 0) is 34.1 Å². The number of aromatic nitrogens is 2. The first-order valence-electron chi connectivity index (χ1n) is 8.04. The van der Waals surface area contributed by atoms with Crippen LogP contribution >= 0.6 is 15.9 Å². The average Bonchev–Trinajstić information content (AvgIpc) is 2.90. The number of carbonyl (C=O) groups is 1. The van der Waals surface area contributed by atoms with Crippen LogP contribution in [0.1, 0.15) is 16.2 Å².